The fourth-order valence-corrected chi connectivity index (χ4v) is 3.01. The van der Waals surface area contributed by atoms with Crippen molar-refractivity contribution in [3.63, 3.8) is 0 Å². The van der Waals surface area contributed by atoms with Crippen LogP contribution in [0.4, 0.5) is 8.78 Å². The van der Waals surface area contributed by atoms with Crippen molar-refractivity contribution < 1.29 is 23.4 Å². The molecule has 1 fully saturated rings. The van der Waals surface area contributed by atoms with Crippen LogP contribution in [0, 0.1) is 11.6 Å². The molecule has 3 aromatic rings. The number of carboxylic acids is 1. The highest BCUT2D eigenvalue weighted by atomic mass is 19.1. The van der Waals surface area contributed by atoms with E-state index in [9.17, 15) is 18.7 Å². The molecule has 0 radical (unpaired) electrons. The minimum atomic E-state index is -1.19. The maximum Gasteiger partial charge on any atom is 0.337 e. The third-order valence-corrected chi connectivity index (χ3v) is 4.60. The van der Waals surface area contributed by atoms with E-state index in [1.807, 2.05) is 6.07 Å². The topological polar surface area (TPSA) is 59.4 Å². The minimum Gasteiger partial charge on any atom is -0.490 e. The highest BCUT2D eigenvalue weighted by molar-refractivity contribution is 5.88. The van der Waals surface area contributed by atoms with Gasteiger partial charge in [0.25, 0.3) is 0 Å². The molecule has 1 N–H and O–H groups in total. The number of pyridine rings is 1. The zero-order chi connectivity index (χ0) is 19.7. The zero-order valence-corrected chi connectivity index (χ0v) is 14.9. The van der Waals surface area contributed by atoms with Gasteiger partial charge < -0.3 is 9.84 Å². The van der Waals surface area contributed by atoms with Gasteiger partial charge in [-0.15, -0.1) is 0 Å². The summed E-state index contributed by atoms with van der Waals surface area (Å²) in [6, 6.07) is 12.4. The molecule has 4 rings (SSSR count). The maximum absolute atomic E-state index is 14.7. The number of benzene rings is 2. The van der Waals surface area contributed by atoms with Gasteiger partial charge in [-0.2, -0.15) is 0 Å². The van der Waals surface area contributed by atoms with Gasteiger partial charge in [-0.3, -0.25) is 4.98 Å². The van der Waals surface area contributed by atoms with Gasteiger partial charge in [0.1, 0.15) is 17.4 Å². The van der Waals surface area contributed by atoms with E-state index in [0.717, 1.165) is 12.8 Å². The van der Waals surface area contributed by atoms with Gasteiger partial charge in [0.15, 0.2) is 0 Å². The lowest BCUT2D eigenvalue weighted by Gasteiger charge is -2.11. The number of halogens is 2. The average molecular weight is 381 g/mol. The molecule has 1 saturated carbocycles. The van der Waals surface area contributed by atoms with Crippen molar-refractivity contribution >= 4 is 5.97 Å². The van der Waals surface area contributed by atoms with E-state index in [1.165, 1.54) is 30.5 Å². The Labute approximate surface area is 160 Å². The first-order chi connectivity index (χ1) is 13.5. The lowest BCUT2D eigenvalue weighted by molar-refractivity contribution is 0.0695. The van der Waals surface area contributed by atoms with Gasteiger partial charge in [-0.1, -0.05) is 12.1 Å². The van der Waals surface area contributed by atoms with Crippen LogP contribution in [-0.4, -0.2) is 22.2 Å². The fraction of sp³-hybridized carbons (Fsp3) is 0.182. The molecule has 0 spiro atoms. The van der Waals surface area contributed by atoms with Crippen molar-refractivity contribution in [3.8, 4) is 16.9 Å². The molecule has 1 aliphatic rings. The summed E-state index contributed by atoms with van der Waals surface area (Å²) >= 11 is 0. The van der Waals surface area contributed by atoms with Crippen LogP contribution < -0.4 is 4.74 Å². The lowest BCUT2D eigenvalue weighted by Crippen LogP contribution is -2.07. The Hall–Kier alpha value is -3.28. The predicted octanol–water partition coefficient (Wildman–Crippen LogP) is 4.86. The fourth-order valence-electron chi connectivity index (χ4n) is 3.01. The first-order valence-electron chi connectivity index (χ1n) is 8.93. The van der Waals surface area contributed by atoms with Crippen molar-refractivity contribution in [1.29, 1.82) is 0 Å². The molecule has 0 aliphatic heterocycles. The number of aromatic carboxylic acids is 1. The van der Waals surface area contributed by atoms with Crippen LogP contribution in [0.2, 0.25) is 0 Å². The maximum atomic E-state index is 14.7. The normalized spacial score (nSPS) is 13.4. The standard InChI is InChI=1S/C22H17F2NO3/c23-19-10-14(13-3-1-4-16(9-13)28-15-6-7-15)11-20(24)18(19)12-21-17(22(26)27)5-2-8-25-21/h1-5,8-11,15H,6-7,12H2,(H,26,27). The molecule has 0 saturated heterocycles. The molecule has 28 heavy (non-hydrogen) atoms. The number of ether oxygens (including phenoxy) is 1. The number of aromatic nitrogens is 1. The van der Waals surface area contributed by atoms with Gasteiger partial charge in [-0.05, 0) is 60.4 Å². The first-order valence-corrected chi connectivity index (χ1v) is 8.93. The number of rotatable bonds is 6. The molecule has 0 atom stereocenters. The number of carbonyl (C=O) groups is 1. The van der Waals surface area contributed by atoms with Crippen LogP contribution in [0.25, 0.3) is 11.1 Å². The molecule has 0 unspecified atom stereocenters. The quantitative estimate of drug-likeness (QED) is 0.663. The summed E-state index contributed by atoms with van der Waals surface area (Å²) in [5, 5.41) is 9.23. The summed E-state index contributed by atoms with van der Waals surface area (Å²) in [5.74, 6) is -2.01. The molecule has 0 bridgehead atoms. The van der Waals surface area contributed by atoms with E-state index in [1.54, 1.807) is 18.2 Å². The number of carboxylic acid groups (broad SMARTS) is 1. The molecule has 142 valence electrons. The molecule has 1 aromatic heterocycles. The summed E-state index contributed by atoms with van der Waals surface area (Å²) in [6.07, 6.45) is 3.43. The van der Waals surface area contributed by atoms with Crippen LogP contribution in [0.5, 0.6) is 5.75 Å². The Bertz CT molecular complexity index is 1020. The molecule has 1 heterocycles. The Balaban J connectivity index is 1.65. The van der Waals surface area contributed by atoms with Crippen LogP contribution in [0.15, 0.2) is 54.7 Å². The third-order valence-electron chi connectivity index (χ3n) is 4.60. The van der Waals surface area contributed by atoms with Gasteiger partial charge in [0.05, 0.1) is 17.4 Å². The predicted molar refractivity (Wildman–Crippen MR) is 99.4 cm³/mol. The summed E-state index contributed by atoms with van der Waals surface area (Å²) in [6.45, 7) is 0. The molecular weight excluding hydrogens is 364 g/mol. The minimum absolute atomic E-state index is 0.0738. The van der Waals surface area contributed by atoms with Crippen molar-refractivity contribution in [3.05, 3.63) is 83.2 Å². The first kappa shape index (κ1) is 18.1. The Morgan fingerprint density at radius 2 is 1.82 bits per heavy atom. The molecular formula is C22H17F2NO3. The van der Waals surface area contributed by atoms with E-state index >= 15 is 0 Å². The summed E-state index contributed by atoms with van der Waals surface area (Å²) in [5.41, 5.74) is 0.858. The molecule has 1 aliphatic carbocycles. The Morgan fingerprint density at radius 3 is 2.50 bits per heavy atom. The average Bonchev–Trinajstić information content (AvgIpc) is 3.49. The molecule has 6 heteroatoms. The van der Waals surface area contributed by atoms with Crippen molar-refractivity contribution in [2.45, 2.75) is 25.4 Å². The molecule has 2 aromatic carbocycles. The second kappa shape index (κ2) is 7.38. The van der Waals surface area contributed by atoms with Gasteiger partial charge in [-0.25, -0.2) is 13.6 Å². The largest absolute Gasteiger partial charge is 0.490 e. The van der Waals surface area contributed by atoms with Gasteiger partial charge in [0.2, 0.25) is 0 Å². The monoisotopic (exact) mass is 381 g/mol. The lowest BCUT2D eigenvalue weighted by atomic mass is 9.99. The number of hydrogen-bond acceptors (Lipinski definition) is 3. The molecule has 4 nitrogen and oxygen atoms in total. The second-order valence-corrected chi connectivity index (χ2v) is 6.74. The van der Waals surface area contributed by atoms with Gasteiger partial charge >= 0.3 is 5.97 Å². The second-order valence-electron chi connectivity index (χ2n) is 6.74. The molecule has 0 amide bonds. The van der Waals surface area contributed by atoms with Crippen molar-refractivity contribution in [1.82, 2.24) is 4.98 Å². The van der Waals surface area contributed by atoms with Crippen LogP contribution in [0.1, 0.15) is 34.5 Å². The highest BCUT2D eigenvalue weighted by Crippen LogP contribution is 2.31. The Kier molecular flexibility index (Phi) is 4.77. The number of hydrogen-bond donors (Lipinski definition) is 1. The van der Waals surface area contributed by atoms with E-state index in [4.69, 9.17) is 4.74 Å². The smallest absolute Gasteiger partial charge is 0.337 e. The van der Waals surface area contributed by atoms with E-state index in [-0.39, 0.29) is 29.3 Å². The van der Waals surface area contributed by atoms with Crippen LogP contribution in [-0.2, 0) is 6.42 Å². The Morgan fingerprint density at radius 1 is 1.07 bits per heavy atom. The zero-order valence-electron chi connectivity index (χ0n) is 14.9. The summed E-state index contributed by atoms with van der Waals surface area (Å²) in [4.78, 5) is 15.3. The summed E-state index contributed by atoms with van der Waals surface area (Å²) in [7, 11) is 0. The van der Waals surface area contributed by atoms with Crippen LogP contribution in [0.3, 0.4) is 0 Å². The van der Waals surface area contributed by atoms with Crippen molar-refractivity contribution in [2.24, 2.45) is 0 Å². The van der Waals surface area contributed by atoms with E-state index in [2.05, 4.69) is 4.98 Å². The van der Waals surface area contributed by atoms with E-state index in [0.29, 0.717) is 16.9 Å². The van der Waals surface area contributed by atoms with Gasteiger partial charge in [0, 0.05) is 18.2 Å². The van der Waals surface area contributed by atoms with Crippen LogP contribution >= 0.6 is 0 Å². The van der Waals surface area contributed by atoms with E-state index < -0.39 is 17.6 Å². The third kappa shape index (κ3) is 3.86. The highest BCUT2D eigenvalue weighted by Gasteiger charge is 2.23. The number of nitrogens with zero attached hydrogens (tertiary/aromatic N) is 1. The SMILES string of the molecule is O=C(O)c1cccnc1Cc1c(F)cc(-c2cccc(OC3CC3)c2)cc1F. The van der Waals surface area contributed by atoms with Crippen molar-refractivity contribution in [2.75, 3.05) is 0 Å². The summed E-state index contributed by atoms with van der Waals surface area (Å²) < 4.78 is 35.1.